The second-order valence-electron chi connectivity index (χ2n) is 10.6. The summed E-state index contributed by atoms with van der Waals surface area (Å²) in [6.45, 7) is 6.56. The Balaban J connectivity index is 1.46. The maximum absolute atomic E-state index is 11.5. The van der Waals surface area contributed by atoms with E-state index in [1.165, 1.54) is 27.8 Å². The molecule has 1 aliphatic rings. The molecule has 3 aromatic rings. The number of carbonyl (C=O) groups is 1. The number of aromatic hydroxyl groups is 2. The van der Waals surface area contributed by atoms with Gasteiger partial charge in [-0.15, -0.1) is 0 Å². The van der Waals surface area contributed by atoms with Crippen LogP contribution in [0.3, 0.4) is 0 Å². The smallest absolute Gasteiger partial charge is 0.306 e. The van der Waals surface area contributed by atoms with E-state index in [0.717, 1.165) is 61.5 Å². The Hall–Kier alpha value is -3.16. The fourth-order valence-electron chi connectivity index (χ4n) is 5.74. The maximum Gasteiger partial charge on any atom is 0.306 e. The normalized spacial score (nSPS) is 18.3. The van der Waals surface area contributed by atoms with E-state index in [-0.39, 0.29) is 23.7 Å². The van der Waals surface area contributed by atoms with Gasteiger partial charge in [-0.05, 0) is 79.8 Å². The number of hydrogen-bond donors (Lipinski definition) is 3. The standard InChI is InChI=1S/C31H39ClN2O5/c1-3-27(24-9-11-26(32)12-10-24)33(19-22-4-7-25(8-5-22)31(37)38)20-23-6-13-28(21(2)18-23)39-17-16-34-29(35)14-15-30(34)36/h6,9-15,18,22,25,27,35-36H,3-5,7-8,16-17,19-20H2,1-2H3,(H,37,38). The van der Waals surface area contributed by atoms with Crippen LogP contribution in [0.1, 0.15) is 61.8 Å². The molecular weight excluding hydrogens is 516 g/mol. The average Bonchev–Trinajstić information content (AvgIpc) is 3.24. The molecule has 7 nitrogen and oxygen atoms in total. The zero-order valence-electron chi connectivity index (χ0n) is 22.7. The molecule has 1 aromatic heterocycles. The molecule has 8 heteroatoms. The molecule has 0 spiro atoms. The second kappa shape index (κ2) is 13.3. The maximum atomic E-state index is 11.5. The molecule has 1 unspecified atom stereocenters. The molecule has 1 saturated carbocycles. The molecule has 39 heavy (non-hydrogen) atoms. The van der Waals surface area contributed by atoms with Gasteiger partial charge in [0.25, 0.3) is 0 Å². The lowest BCUT2D eigenvalue weighted by Crippen LogP contribution is -2.35. The van der Waals surface area contributed by atoms with Gasteiger partial charge in [0, 0.05) is 36.3 Å². The molecule has 1 atom stereocenters. The van der Waals surface area contributed by atoms with Crippen LogP contribution in [0, 0.1) is 18.8 Å². The quantitative estimate of drug-likeness (QED) is 0.228. The minimum Gasteiger partial charge on any atom is -0.494 e. The third-order valence-corrected chi connectivity index (χ3v) is 8.15. The van der Waals surface area contributed by atoms with Gasteiger partial charge >= 0.3 is 5.97 Å². The van der Waals surface area contributed by atoms with Crippen LogP contribution in [0.2, 0.25) is 5.02 Å². The van der Waals surface area contributed by atoms with Crippen LogP contribution in [0.15, 0.2) is 54.6 Å². The summed E-state index contributed by atoms with van der Waals surface area (Å²) in [5.74, 6) is 0.364. The summed E-state index contributed by atoms with van der Waals surface area (Å²) in [6, 6.07) is 17.5. The highest BCUT2D eigenvalue weighted by atomic mass is 35.5. The first-order chi connectivity index (χ1) is 18.7. The number of aliphatic carboxylic acids is 1. The van der Waals surface area contributed by atoms with Crippen molar-refractivity contribution >= 4 is 17.6 Å². The van der Waals surface area contributed by atoms with Crippen molar-refractivity contribution in [3.8, 4) is 17.5 Å². The van der Waals surface area contributed by atoms with E-state index in [1.54, 1.807) is 0 Å². The number of ether oxygens (including phenoxy) is 1. The Bertz CT molecular complexity index is 1210. The Morgan fingerprint density at radius 3 is 2.31 bits per heavy atom. The van der Waals surface area contributed by atoms with Crippen LogP contribution in [-0.4, -0.2) is 43.9 Å². The molecule has 1 aliphatic carbocycles. The number of aryl methyl sites for hydroxylation is 1. The van der Waals surface area contributed by atoms with Crippen molar-refractivity contribution in [3.05, 3.63) is 76.3 Å². The summed E-state index contributed by atoms with van der Waals surface area (Å²) in [4.78, 5) is 14.0. The first-order valence-corrected chi connectivity index (χ1v) is 14.1. The van der Waals surface area contributed by atoms with Gasteiger partial charge in [0.05, 0.1) is 12.5 Å². The van der Waals surface area contributed by atoms with Crippen LogP contribution >= 0.6 is 11.6 Å². The number of halogens is 1. The minimum atomic E-state index is -0.669. The summed E-state index contributed by atoms with van der Waals surface area (Å²) in [6.07, 6.45) is 4.31. The van der Waals surface area contributed by atoms with E-state index >= 15 is 0 Å². The van der Waals surface area contributed by atoms with E-state index in [0.29, 0.717) is 19.1 Å². The fourth-order valence-corrected chi connectivity index (χ4v) is 5.87. The predicted octanol–water partition coefficient (Wildman–Crippen LogP) is 6.78. The van der Waals surface area contributed by atoms with Gasteiger partial charge in [0.1, 0.15) is 12.4 Å². The molecule has 0 radical (unpaired) electrons. The largest absolute Gasteiger partial charge is 0.494 e. The van der Waals surface area contributed by atoms with E-state index < -0.39 is 5.97 Å². The number of aromatic nitrogens is 1. The highest BCUT2D eigenvalue weighted by Crippen LogP contribution is 2.34. The van der Waals surface area contributed by atoms with E-state index in [2.05, 4.69) is 36.1 Å². The third kappa shape index (κ3) is 7.49. The van der Waals surface area contributed by atoms with Crippen molar-refractivity contribution in [2.24, 2.45) is 11.8 Å². The molecule has 2 aromatic carbocycles. The molecule has 1 heterocycles. The SMILES string of the molecule is CCC(c1ccc(Cl)cc1)N(Cc1ccc(OCCn2c(O)ccc2O)c(C)c1)CC1CCC(C(=O)O)CC1. The van der Waals surface area contributed by atoms with Crippen molar-refractivity contribution in [2.75, 3.05) is 13.2 Å². The summed E-state index contributed by atoms with van der Waals surface area (Å²) in [7, 11) is 0. The molecule has 0 saturated heterocycles. The zero-order chi connectivity index (χ0) is 27.9. The lowest BCUT2D eigenvalue weighted by atomic mass is 9.81. The summed E-state index contributed by atoms with van der Waals surface area (Å²) in [5.41, 5.74) is 3.44. The van der Waals surface area contributed by atoms with Crippen molar-refractivity contribution in [1.82, 2.24) is 9.47 Å². The van der Waals surface area contributed by atoms with Crippen LogP contribution in [-0.2, 0) is 17.9 Å². The first-order valence-electron chi connectivity index (χ1n) is 13.8. The Morgan fingerprint density at radius 2 is 1.72 bits per heavy atom. The van der Waals surface area contributed by atoms with Crippen LogP contribution in [0.4, 0.5) is 0 Å². The van der Waals surface area contributed by atoms with Crippen molar-refractivity contribution < 1.29 is 24.9 Å². The topological polar surface area (TPSA) is 95.2 Å². The van der Waals surface area contributed by atoms with Gasteiger partial charge in [-0.2, -0.15) is 0 Å². The second-order valence-corrected chi connectivity index (χ2v) is 11.0. The van der Waals surface area contributed by atoms with Gasteiger partial charge in [-0.3, -0.25) is 14.3 Å². The van der Waals surface area contributed by atoms with Crippen LogP contribution in [0.5, 0.6) is 17.5 Å². The molecule has 0 amide bonds. The lowest BCUT2D eigenvalue weighted by molar-refractivity contribution is -0.143. The van der Waals surface area contributed by atoms with E-state index in [9.17, 15) is 20.1 Å². The number of carboxylic acids is 1. The Morgan fingerprint density at radius 1 is 1.05 bits per heavy atom. The Kier molecular flexibility index (Phi) is 9.81. The average molecular weight is 555 g/mol. The van der Waals surface area contributed by atoms with E-state index in [4.69, 9.17) is 16.3 Å². The van der Waals surface area contributed by atoms with Gasteiger partial charge in [0.2, 0.25) is 0 Å². The van der Waals surface area contributed by atoms with Gasteiger partial charge in [-0.1, -0.05) is 42.8 Å². The van der Waals surface area contributed by atoms with Gasteiger partial charge < -0.3 is 20.1 Å². The molecule has 4 rings (SSSR count). The van der Waals surface area contributed by atoms with Gasteiger partial charge in [-0.25, -0.2) is 0 Å². The third-order valence-electron chi connectivity index (χ3n) is 7.90. The molecule has 0 aliphatic heterocycles. The summed E-state index contributed by atoms with van der Waals surface area (Å²) < 4.78 is 7.36. The van der Waals surface area contributed by atoms with Crippen molar-refractivity contribution in [1.29, 1.82) is 0 Å². The number of nitrogens with zero attached hydrogens (tertiary/aromatic N) is 2. The molecule has 0 bridgehead atoms. The van der Waals surface area contributed by atoms with Crippen LogP contribution < -0.4 is 4.74 Å². The van der Waals surface area contributed by atoms with Gasteiger partial charge in [0.15, 0.2) is 11.8 Å². The summed E-state index contributed by atoms with van der Waals surface area (Å²) in [5, 5.41) is 29.8. The molecular formula is C31H39ClN2O5. The monoisotopic (exact) mass is 554 g/mol. The highest BCUT2D eigenvalue weighted by molar-refractivity contribution is 6.30. The molecule has 210 valence electrons. The minimum absolute atomic E-state index is 0.00544. The number of hydrogen-bond acceptors (Lipinski definition) is 5. The van der Waals surface area contributed by atoms with Crippen LogP contribution in [0.25, 0.3) is 0 Å². The lowest BCUT2D eigenvalue weighted by Gasteiger charge is -2.36. The van der Waals surface area contributed by atoms with Crippen molar-refractivity contribution in [3.63, 3.8) is 0 Å². The summed E-state index contributed by atoms with van der Waals surface area (Å²) >= 11 is 6.18. The highest BCUT2D eigenvalue weighted by Gasteiger charge is 2.29. The number of benzene rings is 2. The number of carboxylic acid groups (broad SMARTS) is 1. The zero-order valence-corrected chi connectivity index (χ0v) is 23.5. The molecule has 3 N–H and O–H groups in total. The number of rotatable bonds is 12. The van der Waals surface area contributed by atoms with Crippen molar-refractivity contribution in [2.45, 2.75) is 65.1 Å². The van der Waals surface area contributed by atoms with E-state index in [1.807, 2.05) is 25.1 Å². The Labute approximate surface area is 235 Å². The molecule has 1 fully saturated rings. The fraction of sp³-hybridized carbons (Fsp3) is 0.452. The first kappa shape index (κ1) is 28.8. The predicted molar refractivity (Wildman–Crippen MR) is 152 cm³/mol.